The van der Waals surface area contributed by atoms with E-state index in [1.807, 2.05) is 54.6 Å². The number of rotatable bonds is 12. The second-order valence-corrected chi connectivity index (χ2v) is 15.8. The lowest BCUT2D eigenvalue weighted by molar-refractivity contribution is -0.154. The van der Waals surface area contributed by atoms with Crippen LogP contribution in [0.2, 0.25) is 0 Å². The van der Waals surface area contributed by atoms with Gasteiger partial charge in [-0.05, 0) is 66.9 Å². The fraction of sp³-hybridized carbons (Fsp3) is 0.375. The van der Waals surface area contributed by atoms with Crippen molar-refractivity contribution >= 4 is 44.3 Å². The number of carbonyl (C=O) groups excluding carboxylic acids is 3. The molecule has 2 atom stereocenters. The van der Waals surface area contributed by atoms with E-state index in [1.165, 1.54) is 26.2 Å². The zero-order valence-electron chi connectivity index (χ0n) is 30.8. The fourth-order valence-electron chi connectivity index (χ4n) is 7.80. The van der Waals surface area contributed by atoms with Gasteiger partial charge < -0.3 is 34.4 Å². The highest BCUT2D eigenvalue weighted by atomic mass is 32.2. The summed E-state index contributed by atoms with van der Waals surface area (Å²) in [5.41, 5.74) is 1.70. The van der Waals surface area contributed by atoms with Crippen LogP contribution in [0.4, 0.5) is 5.69 Å². The first-order chi connectivity index (χ1) is 26.6. The molecule has 0 aliphatic carbocycles. The highest BCUT2D eigenvalue weighted by molar-refractivity contribution is 7.89. The summed E-state index contributed by atoms with van der Waals surface area (Å²) in [4.78, 5) is 44.0. The molecular weight excluding hydrogens is 727 g/mol. The van der Waals surface area contributed by atoms with Gasteiger partial charge in [0.25, 0.3) is 5.91 Å². The Morgan fingerprint density at radius 3 is 2.40 bits per heavy atom. The third-order valence-electron chi connectivity index (χ3n) is 10.7. The number of likely N-dealkylation sites (tertiary alicyclic amines) is 1. The number of carbonyl (C=O) groups is 3. The van der Waals surface area contributed by atoms with E-state index in [2.05, 4.69) is 10.2 Å². The van der Waals surface area contributed by atoms with Crippen molar-refractivity contribution in [2.45, 2.75) is 48.8 Å². The van der Waals surface area contributed by atoms with E-state index >= 15 is 0 Å². The van der Waals surface area contributed by atoms with Crippen LogP contribution >= 0.6 is 0 Å². The summed E-state index contributed by atoms with van der Waals surface area (Å²) in [6.07, 6.45) is 3.73. The maximum atomic E-state index is 14.3. The Morgan fingerprint density at radius 1 is 1.00 bits per heavy atom. The minimum atomic E-state index is -3.99. The summed E-state index contributed by atoms with van der Waals surface area (Å²) in [5.74, 6) is -0.386. The van der Waals surface area contributed by atoms with Crippen LogP contribution in [0.3, 0.4) is 0 Å². The Hall–Kier alpha value is -5.22. The van der Waals surface area contributed by atoms with Gasteiger partial charge in [0, 0.05) is 62.7 Å². The van der Waals surface area contributed by atoms with Gasteiger partial charge in [-0.1, -0.05) is 36.4 Å². The molecule has 0 bridgehead atoms. The Morgan fingerprint density at radius 2 is 1.71 bits per heavy atom. The lowest BCUT2D eigenvalue weighted by atomic mass is 9.85. The van der Waals surface area contributed by atoms with Gasteiger partial charge in [-0.15, -0.1) is 0 Å². The van der Waals surface area contributed by atoms with Crippen molar-refractivity contribution in [2.75, 3.05) is 58.1 Å². The first kappa shape index (κ1) is 38.1. The number of fused-ring (bicyclic) bond motifs is 1. The average Bonchev–Trinajstić information content (AvgIpc) is 3.75. The second-order valence-electron chi connectivity index (χ2n) is 13.8. The summed E-state index contributed by atoms with van der Waals surface area (Å²) in [5, 5.41) is 13.6. The SMILES string of the molecule is COc1ccc(S(=O)(=O)N(CCO)CCOC2CC(c3cn(C(C)=O)c4ccccc34)C=C(C(=O)N3CCC4(CC3)C(=O)NCN4c3ccccc3)O2)cc1. The molecule has 290 valence electrons. The van der Waals surface area contributed by atoms with Gasteiger partial charge in [0.05, 0.1) is 37.4 Å². The maximum absolute atomic E-state index is 14.3. The first-order valence-corrected chi connectivity index (χ1v) is 19.8. The van der Waals surface area contributed by atoms with Crippen molar-refractivity contribution in [3.05, 3.63) is 102 Å². The molecule has 3 aromatic carbocycles. The molecule has 3 aliphatic rings. The van der Waals surface area contributed by atoms with Crippen LogP contribution in [0.25, 0.3) is 10.9 Å². The van der Waals surface area contributed by atoms with Gasteiger partial charge in [-0.25, -0.2) is 8.42 Å². The summed E-state index contributed by atoms with van der Waals surface area (Å²) in [6, 6.07) is 23.3. The Labute approximate surface area is 319 Å². The number of allylic oxidation sites excluding steroid dienone is 1. The van der Waals surface area contributed by atoms with E-state index in [4.69, 9.17) is 14.2 Å². The monoisotopic (exact) mass is 771 g/mol. The minimum absolute atomic E-state index is 0.0405. The highest BCUT2D eigenvalue weighted by Crippen LogP contribution is 2.39. The fourth-order valence-corrected chi connectivity index (χ4v) is 9.22. The molecule has 55 heavy (non-hydrogen) atoms. The van der Waals surface area contributed by atoms with Crippen molar-refractivity contribution in [3.8, 4) is 5.75 Å². The standard InChI is InChI=1S/C40H45N5O9S/c1-28(47)44-26-34(33-10-6-7-11-35(33)44)29-24-36(38(48)42-18-16-40(17-19-42)39(49)41-27-45(40)30-8-4-3-5-9-30)54-37(25-29)53-23-21-43(20-22-46)55(50,51)32-14-12-31(52-2)13-15-32/h3-15,24,26,29,37,46H,16-23,25,27H2,1-2H3,(H,41,49). The largest absolute Gasteiger partial charge is 0.497 e. The predicted octanol–water partition coefficient (Wildman–Crippen LogP) is 3.68. The van der Waals surface area contributed by atoms with E-state index < -0.39 is 34.4 Å². The molecule has 1 spiro atoms. The highest BCUT2D eigenvalue weighted by Gasteiger charge is 2.51. The molecule has 2 saturated heterocycles. The number of sulfonamides is 1. The average molecular weight is 772 g/mol. The molecular formula is C40H45N5O9S. The van der Waals surface area contributed by atoms with Gasteiger partial charge in [0.2, 0.25) is 28.1 Å². The molecule has 2 amide bonds. The summed E-state index contributed by atoms with van der Waals surface area (Å²) in [6.45, 7) is 1.75. The summed E-state index contributed by atoms with van der Waals surface area (Å²) >= 11 is 0. The molecule has 15 heteroatoms. The van der Waals surface area contributed by atoms with Crippen molar-refractivity contribution in [3.63, 3.8) is 0 Å². The van der Waals surface area contributed by atoms with E-state index in [9.17, 15) is 27.9 Å². The molecule has 2 unspecified atom stereocenters. The van der Waals surface area contributed by atoms with Crippen LogP contribution in [-0.4, -0.2) is 110 Å². The van der Waals surface area contributed by atoms with Crippen LogP contribution in [0.5, 0.6) is 5.75 Å². The number of ether oxygens (including phenoxy) is 3. The van der Waals surface area contributed by atoms with Crippen molar-refractivity contribution in [2.24, 2.45) is 0 Å². The number of benzene rings is 3. The van der Waals surface area contributed by atoms with Crippen LogP contribution in [0.15, 0.2) is 102 Å². The van der Waals surface area contributed by atoms with Gasteiger partial charge in [0.1, 0.15) is 11.3 Å². The van der Waals surface area contributed by atoms with Gasteiger partial charge >= 0.3 is 0 Å². The number of nitrogens with zero attached hydrogens (tertiary/aromatic N) is 4. The number of aliphatic hydroxyl groups is 1. The topological polar surface area (TPSA) is 160 Å². The molecule has 14 nitrogen and oxygen atoms in total. The number of amides is 2. The lowest BCUT2D eigenvalue weighted by Gasteiger charge is -2.43. The van der Waals surface area contributed by atoms with Crippen molar-refractivity contribution in [1.82, 2.24) is 19.1 Å². The molecule has 1 aromatic heterocycles. The van der Waals surface area contributed by atoms with Gasteiger partial charge in [0.15, 0.2) is 5.76 Å². The van der Waals surface area contributed by atoms with E-state index in [1.54, 1.807) is 33.9 Å². The lowest BCUT2D eigenvalue weighted by Crippen LogP contribution is -2.57. The van der Waals surface area contributed by atoms with Crippen molar-refractivity contribution < 1.29 is 42.1 Å². The van der Waals surface area contributed by atoms with Crippen LogP contribution in [0.1, 0.15) is 42.5 Å². The van der Waals surface area contributed by atoms with E-state index in [-0.39, 0.29) is 54.5 Å². The van der Waals surface area contributed by atoms with E-state index in [0.29, 0.717) is 38.3 Å². The summed E-state index contributed by atoms with van der Waals surface area (Å²) in [7, 11) is -2.50. The Balaban J connectivity index is 1.12. The molecule has 3 aliphatic heterocycles. The predicted molar refractivity (Wildman–Crippen MR) is 204 cm³/mol. The smallest absolute Gasteiger partial charge is 0.288 e. The number of methoxy groups -OCH3 is 1. The molecule has 7 rings (SSSR count). The molecule has 0 saturated carbocycles. The zero-order chi connectivity index (χ0) is 38.7. The number of piperidine rings is 1. The zero-order valence-corrected chi connectivity index (χ0v) is 31.6. The minimum Gasteiger partial charge on any atom is -0.497 e. The van der Waals surface area contributed by atoms with Gasteiger partial charge in [-0.3, -0.25) is 19.0 Å². The number of anilines is 1. The van der Waals surface area contributed by atoms with Crippen LogP contribution in [0, 0.1) is 0 Å². The van der Waals surface area contributed by atoms with E-state index in [0.717, 1.165) is 26.5 Å². The molecule has 4 heterocycles. The number of hydrogen-bond donors (Lipinski definition) is 2. The third kappa shape index (κ3) is 7.44. The normalized spacial score (nSPS) is 19.7. The number of para-hydroxylation sites is 2. The quantitative estimate of drug-likeness (QED) is 0.218. The molecule has 0 radical (unpaired) electrons. The Kier molecular flexibility index (Phi) is 11.0. The molecule has 2 N–H and O–H groups in total. The summed E-state index contributed by atoms with van der Waals surface area (Å²) < 4.78 is 47.4. The third-order valence-corrected chi connectivity index (χ3v) is 12.6. The first-order valence-electron chi connectivity index (χ1n) is 18.3. The maximum Gasteiger partial charge on any atom is 0.288 e. The number of nitrogens with one attached hydrogen (secondary N) is 1. The Bertz CT molecular complexity index is 2180. The van der Waals surface area contributed by atoms with Gasteiger partial charge in [-0.2, -0.15) is 4.31 Å². The number of aromatic nitrogens is 1. The number of aliphatic hydroxyl groups excluding tert-OH is 1. The second kappa shape index (κ2) is 15.9. The molecule has 2 fully saturated rings. The number of hydrogen-bond acceptors (Lipinski definition) is 10. The van der Waals surface area contributed by atoms with Crippen LogP contribution < -0.4 is 15.0 Å². The van der Waals surface area contributed by atoms with Crippen LogP contribution in [-0.2, 0) is 29.1 Å². The van der Waals surface area contributed by atoms with Crippen molar-refractivity contribution in [1.29, 1.82) is 0 Å². The molecule has 4 aromatic rings.